The van der Waals surface area contributed by atoms with Crippen LogP contribution in [0.5, 0.6) is 0 Å². The lowest BCUT2D eigenvalue weighted by Gasteiger charge is -2.40. The van der Waals surface area contributed by atoms with Gasteiger partial charge in [-0.05, 0) is 39.8 Å². The van der Waals surface area contributed by atoms with Crippen LogP contribution in [0, 0.1) is 5.92 Å². The SMILES string of the molecule is CC(C)/N=C1\CN2CCC1CC2. The smallest absolute Gasteiger partial charge is 0.0443 e. The standard InChI is InChI=1S/C10H18N2/c1-8(2)11-10-7-12-5-3-9(10)4-6-12/h8-9H,3-7H2,1-2H3/b11-10+. The predicted octanol–water partition coefficient (Wildman–Crippen LogP) is 1.56. The van der Waals surface area contributed by atoms with Crippen molar-refractivity contribution in [3.05, 3.63) is 0 Å². The van der Waals surface area contributed by atoms with Crippen molar-refractivity contribution in [2.45, 2.75) is 32.7 Å². The van der Waals surface area contributed by atoms with E-state index in [9.17, 15) is 0 Å². The van der Waals surface area contributed by atoms with E-state index < -0.39 is 0 Å². The summed E-state index contributed by atoms with van der Waals surface area (Å²) in [7, 11) is 0. The maximum Gasteiger partial charge on any atom is 0.0443 e. The number of aliphatic imine (C=N–C) groups is 1. The summed E-state index contributed by atoms with van der Waals surface area (Å²) in [4.78, 5) is 7.22. The third kappa shape index (κ3) is 1.53. The second-order valence-electron chi connectivity index (χ2n) is 4.26. The van der Waals surface area contributed by atoms with E-state index in [0.717, 1.165) is 12.5 Å². The highest BCUT2D eigenvalue weighted by molar-refractivity contribution is 5.90. The molecule has 3 rings (SSSR count). The van der Waals surface area contributed by atoms with Crippen molar-refractivity contribution in [2.24, 2.45) is 10.9 Å². The van der Waals surface area contributed by atoms with E-state index in [1.165, 1.54) is 31.6 Å². The number of piperidine rings is 3. The van der Waals surface area contributed by atoms with Crippen molar-refractivity contribution in [1.82, 2.24) is 4.90 Å². The van der Waals surface area contributed by atoms with Gasteiger partial charge < -0.3 is 0 Å². The van der Waals surface area contributed by atoms with Gasteiger partial charge in [0.05, 0.1) is 0 Å². The number of fused-ring (bicyclic) bond motifs is 3. The monoisotopic (exact) mass is 166 g/mol. The van der Waals surface area contributed by atoms with Gasteiger partial charge in [-0.15, -0.1) is 0 Å². The molecule has 0 aliphatic carbocycles. The molecule has 0 amide bonds. The Morgan fingerprint density at radius 3 is 2.42 bits per heavy atom. The first-order chi connectivity index (χ1) is 5.75. The molecule has 3 saturated heterocycles. The molecular formula is C10H18N2. The van der Waals surface area contributed by atoms with Crippen LogP contribution >= 0.6 is 0 Å². The lowest BCUT2D eigenvalue weighted by Crippen LogP contribution is -2.48. The van der Waals surface area contributed by atoms with E-state index in [1.54, 1.807) is 0 Å². The molecular weight excluding hydrogens is 148 g/mol. The highest BCUT2D eigenvalue weighted by Gasteiger charge is 2.30. The summed E-state index contributed by atoms with van der Waals surface area (Å²) in [6.07, 6.45) is 2.71. The van der Waals surface area contributed by atoms with E-state index in [-0.39, 0.29) is 0 Å². The molecule has 2 bridgehead atoms. The van der Waals surface area contributed by atoms with Gasteiger partial charge in [-0.3, -0.25) is 9.89 Å². The van der Waals surface area contributed by atoms with Crippen LogP contribution in [-0.2, 0) is 0 Å². The zero-order chi connectivity index (χ0) is 8.55. The van der Waals surface area contributed by atoms with Crippen molar-refractivity contribution in [3.8, 4) is 0 Å². The van der Waals surface area contributed by atoms with Gasteiger partial charge in [-0.25, -0.2) is 0 Å². The van der Waals surface area contributed by atoms with Crippen molar-refractivity contribution in [3.63, 3.8) is 0 Å². The summed E-state index contributed by atoms with van der Waals surface area (Å²) in [5, 5.41) is 0. The molecule has 0 aromatic carbocycles. The summed E-state index contributed by atoms with van der Waals surface area (Å²) < 4.78 is 0. The summed E-state index contributed by atoms with van der Waals surface area (Å²) in [5.74, 6) is 0.831. The van der Waals surface area contributed by atoms with E-state index in [0.29, 0.717) is 6.04 Å². The first kappa shape index (κ1) is 8.24. The van der Waals surface area contributed by atoms with E-state index in [2.05, 4.69) is 18.7 Å². The van der Waals surface area contributed by atoms with Crippen LogP contribution in [0.1, 0.15) is 26.7 Å². The molecule has 0 atom stereocenters. The highest BCUT2D eigenvalue weighted by atomic mass is 15.2. The van der Waals surface area contributed by atoms with Crippen LogP contribution in [0.2, 0.25) is 0 Å². The Bertz CT molecular complexity index is 188. The average molecular weight is 166 g/mol. The van der Waals surface area contributed by atoms with Gasteiger partial charge in [-0.2, -0.15) is 0 Å². The fourth-order valence-electron chi connectivity index (χ4n) is 2.26. The number of rotatable bonds is 1. The van der Waals surface area contributed by atoms with Crippen LogP contribution in [0.25, 0.3) is 0 Å². The average Bonchev–Trinajstić information content (AvgIpc) is 2.05. The second kappa shape index (κ2) is 3.17. The molecule has 0 spiro atoms. The zero-order valence-electron chi connectivity index (χ0n) is 8.08. The molecule has 2 heteroatoms. The van der Waals surface area contributed by atoms with Gasteiger partial charge in [0.25, 0.3) is 0 Å². The maximum absolute atomic E-state index is 4.69. The molecule has 0 aromatic rings. The molecule has 3 aliphatic heterocycles. The molecule has 0 N–H and O–H groups in total. The van der Waals surface area contributed by atoms with E-state index in [1.807, 2.05) is 0 Å². The minimum absolute atomic E-state index is 0.487. The third-order valence-electron chi connectivity index (χ3n) is 2.87. The van der Waals surface area contributed by atoms with Crippen LogP contribution < -0.4 is 0 Å². The van der Waals surface area contributed by atoms with Crippen molar-refractivity contribution in [2.75, 3.05) is 19.6 Å². The number of nitrogens with zero attached hydrogens (tertiary/aromatic N) is 2. The fourth-order valence-corrected chi connectivity index (χ4v) is 2.26. The Hall–Kier alpha value is -0.370. The van der Waals surface area contributed by atoms with Gasteiger partial charge in [0.15, 0.2) is 0 Å². The Labute approximate surface area is 74.7 Å². The van der Waals surface area contributed by atoms with E-state index in [4.69, 9.17) is 4.99 Å². The molecule has 3 fully saturated rings. The minimum atomic E-state index is 0.487. The lowest BCUT2D eigenvalue weighted by atomic mass is 9.86. The van der Waals surface area contributed by atoms with E-state index >= 15 is 0 Å². The normalized spacial score (nSPS) is 38.1. The summed E-state index contributed by atoms with van der Waals surface area (Å²) in [6, 6.07) is 0.487. The van der Waals surface area contributed by atoms with Crippen LogP contribution in [0.15, 0.2) is 4.99 Å². The second-order valence-corrected chi connectivity index (χ2v) is 4.26. The molecule has 0 saturated carbocycles. The summed E-state index contributed by atoms with van der Waals surface area (Å²) >= 11 is 0. The topological polar surface area (TPSA) is 15.6 Å². The fraction of sp³-hybridized carbons (Fsp3) is 0.900. The van der Waals surface area contributed by atoms with Crippen LogP contribution in [0.4, 0.5) is 0 Å². The van der Waals surface area contributed by atoms with Crippen molar-refractivity contribution >= 4 is 5.71 Å². The van der Waals surface area contributed by atoms with Gasteiger partial charge in [0.1, 0.15) is 0 Å². The van der Waals surface area contributed by atoms with Gasteiger partial charge >= 0.3 is 0 Å². The molecule has 12 heavy (non-hydrogen) atoms. The molecule has 0 unspecified atom stereocenters. The quantitative estimate of drug-likeness (QED) is 0.577. The van der Waals surface area contributed by atoms with Crippen LogP contribution in [-0.4, -0.2) is 36.3 Å². The van der Waals surface area contributed by atoms with Crippen LogP contribution in [0.3, 0.4) is 0 Å². The Kier molecular flexibility index (Phi) is 2.18. The number of hydrogen-bond donors (Lipinski definition) is 0. The highest BCUT2D eigenvalue weighted by Crippen LogP contribution is 2.25. The minimum Gasteiger partial charge on any atom is -0.298 e. The maximum atomic E-state index is 4.69. The first-order valence-corrected chi connectivity index (χ1v) is 5.04. The van der Waals surface area contributed by atoms with Gasteiger partial charge in [-0.1, -0.05) is 0 Å². The Morgan fingerprint density at radius 2 is 2.00 bits per heavy atom. The van der Waals surface area contributed by atoms with Gasteiger partial charge in [0, 0.05) is 24.2 Å². The largest absolute Gasteiger partial charge is 0.298 e. The zero-order valence-corrected chi connectivity index (χ0v) is 8.08. The predicted molar refractivity (Wildman–Crippen MR) is 51.7 cm³/mol. The summed E-state index contributed by atoms with van der Waals surface area (Å²) in [5.41, 5.74) is 1.47. The Balaban J connectivity index is 2.08. The molecule has 3 heterocycles. The third-order valence-corrected chi connectivity index (χ3v) is 2.87. The van der Waals surface area contributed by atoms with Gasteiger partial charge in [0.2, 0.25) is 0 Å². The summed E-state index contributed by atoms with van der Waals surface area (Å²) in [6.45, 7) is 8.11. The first-order valence-electron chi connectivity index (χ1n) is 5.04. The van der Waals surface area contributed by atoms with Crippen molar-refractivity contribution < 1.29 is 0 Å². The lowest BCUT2D eigenvalue weighted by molar-refractivity contribution is 0.199. The number of hydrogen-bond acceptors (Lipinski definition) is 2. The molecule has 0 radical (unpaired) electrons. The Morgan fingerprint density at radius 1 is 1.33 bits per heavy atom. The molecule has 2 nitrogen and oxygen atoms in total. The molecule has 0 aromatic heterocycles. The molecule has 3 aliphatic rings. The molecule has 68 valence electrons. The van der Waals surface area contributed by atoms with Crippen molar-refractivity contribution in [1.29, 1.82) is 0 Å².